The lowest BCUT2D eigenvalue weighted by molar-refractivity contribution is -0.220. The van der Waals surface area contributed by atoms with Crippen molar-refractivity contribution in [3.05, 3.63) is 47.6 Å². The monoisotopic (exact) mass is 979 g/mol. The lowest BCUT2D eigenvalue weighted by Gasteiger charge is -2.62. The molecule has 8 rings (SSSR count). The van der Waals surface area contributed by atoms with Crippen molar-refractivity contribution < 1.29 is 67.4 Å². The number of esters is 2. The number of rotatable bonds is 17. The molecule has 0 amide bonds. The highest BCUT2D eigenvalue weighted by Crippen LogP contribution is 2.72. The first-order valence-corrected chi connectivity index (χ1v) is 26.3. The first-order chi connectivity index (χ1) is 32.8. The van der Waals surface area contributed by atoms with Crippen molar-refractivity contribution in [3.63, 3.8) is 0 Å². The molecule has 16 atom stereocenters. The van der Waals surface area contributed by atoms with Gasteiger partial charge in [-0.05, 0) is 126 Å². The van der Waals surface area contributed by atoms with Crippen LogP contribution in [0.15, 0.2) is 47.6 Å². The van der Waals surface area contributed by atoms with Crippen LogP contribution < -0.4 is 0 Å². The minimum Gasteiger partial charge on any atom is -0.458 e. The Labute approximate surface area is 411 Å². The lowest BCUT2D eigenvalue weighted by Crippen LogP contribution is -2.69. The highest BCUT2D eigenvalue weighted by atomic mass is 19.1. The van der Waals surface area contributed by atoms with Crippen LogP contribution in [0, 0.1) is 57.2 Å². The Morgan fingerprint density at radius 1 is 0.586 bits per heavy atom. The van der Waals surface area contributed by atoms with E-state index in [1.54, 1.807) is 53.7 Å². The molecular formula is C56H76F2O12. The van der Waals surface area contributed by atoms with E-state index in [0.717, 1.165) is 38.5 Å². The minimum atomic E-state index is -2.08. The van der Waals surface area contributed by atoms with Gasteiger partial charge in [0.15, 0.2) is 36.1 Å². The third-order valence-electron chi connectivity index (χ3n) is 20.5. The van der Waals surface area contributed by atoms with Crippen LogP contribution in [-0.2, 0) is 38.2 Å². The Kier molecular flexibility index (Phi) is 14.0. The number of aliphatic hydroxyl groups excluding tert-OH is 2. The van der Waals surface area contributed by atoms with E-state index < -0.39 is 129 Å². The summed E-state index contributed by atoms with van der Waals surface area (Å²) in [6.07, 6.45) is 14.4. The summed E-state index contributed by atoms with van der Waals surface area (Å²) in [6.45, 7) is 9.25. The van der Waals surface area contributed by atoms with Crippen molar-refractivity contribution in [2.45, 2.75) is 192 Å². The van der Waals surface area contributed by atoms with Gasteiger partial charge in [0.05, 0.1) is 12.2 Å². The summed E-state index contributed by atoms with van der Waals surface area (Å²) in [6, 6.07) is 0. The molecule has 0 aromatic carbocycles. The van der Waals surface area contributed by atoms with E-state index in [1.807, 2.05) is 0 Å². The van der Waals surface area contributed by atoms with Crippen molar-refractivity contribution in [2.24, 2.45) is 57.2 Å². The maximum Gasteiger partial charge on any atom is 0.306 e. The number of unbranched alkanes of at least 4 members (excludes halogenated alkanes) is 7. The van der Waals surface area contributed by atoms with E-state index in [1.165, 1.54) is 24.3 Å². The average molecular weight is 979 g/mol. The van der Waals surface area contributed by atoms with Crippen LogP contribution in [0.25, 0.3) is 0 Å². The molecule has 0 bridgehead atoms. The highest BCUT2D eigenvalue weighted by molar-refractivity contribution is 6.02. The van der Waals surface area contributed by atoms with Gasteiger partial charge < -0.3 is 29.9 Å². The van der Waals surface area contributed by atoms with Crippen molar-refractivity contribution in [1.82, 2.24) is 0 Å². The molecule has 0 radical (unpaired) electrons. The molecule has 4 N–H and O–H groups in total. The van der Waals surface area contributed by atoms with E-state index in [0.29, 0.717) is 62.5 Å². The molecule has 0 spiro atoms. The molecule has 0 aliphatic heterocycles. The SMILES string of the molecule is C[C@@H]1C[C@H]2[C@@H]3CCC4=CC(=O)C=C[C@]4(C)[C@@]3(F)[C@@H](O)C[C@]2(C)[C@@]1(O)C(=O)COC(=O)CCCCCCCCCCC(=O)OCC(=O)[C@@]1(O)[C@H](C)C[C@H]2[C@@H]3CCC4=CC(=O)C=C[C@]4(C)[C@@]3(F)[C@@H](O)C[C@@]21C. The second-order valence-corrected chi connectivity index (χ2v) is 23.8. The summed E-state index contributed by atoms with van der Waals surface area (Å²) in [4.78, 5) is 77.5. The normalized spacial score (nSPS) is 44.5. The Balaban J connectivity index is 0.711. The van der Waals surface area contributed by atoms with Crippen molar-refractivity contribution in [3.8, 4) is 0 Å². The third kappa shape index (κ3) is 7.66. The molecule has 0 aromatic rings. The smallest absolute Gasteiger partial charge is 0.306 e. The molecule has 6 fully saturated rings. The predicted molar refractivity (Wildman–Crippen MR) is 254 cm³/mol. The fourth-order valence-corrected chi connectivity index (χ4v) is 16.5. The van der Waals surface area contributed by atoms with Gasteiger partial charge in [0.2, 0.25) is 11.6 Å². The molecule has 8 aliphatic carbocycles. The number of ether oxygens (including phenoxy) is 2. The summed E-state index contributed by atoms with van der Waals surface area (Å²) in [5, 5.41) is 47.6. The van der Waals surface area contributed by atoms with Gasteiger partial charge in [-0.1, -0.05) is 89.5 Å². The van der Waals surface area contributed by atoms with Gasteiger partial charge in [0.1, 0.15) is 11.2 Å². The van der Waals surface area contributed by atoms with E-state index in [2.05, 4.69) is 0 Å². The van der Waals surface area contributed by atoms with Gasteiger partial charge in [-0.25, -0.2) is 8.78 Å². The zero-order valence-electron chi connectivity index (χ0n) is 42.0. The fraction of sp³-hybridized carbons (Fsp3) is 0.750. The molecule has 0 unspecified atom stereocenters. The predicted octanol–water partition coefficient (Wildman–Crippen LogP) is 7.81. The van der Waals surface area contributed by atoms with Crippen LogP contribution in [0.1, 0.15) is 157 Å². The van der Waals surface area contributed by atoms with E-state index in [9.17, 15) is 49.2 Å². The molecule has 6 saturated carbocycles. The number of aliphatic hydroxyl groups is 4. The zero-order chi connectivity index (χ0) is 51.0. The van der Waals surface area contributed by atoms with Gasteiger partial charge >= 0.3 is 11.9 Å². The molecule has 0 saturated heterocycles. The summed E-state index contributed by atoms with van der Waals surface area (Å²) < 4.78 is 45.7. The number of ketones is 4. The number of fused-ring (bicyclic) bond motifs is 10. The molecule has 8 aliphatic rings. The topological polar surface area (TPSA) is 202 Å². The van der Waals surface area contributed by atoms with E-state index >= 15 is 8.78 Å². The molecule has 386 valence electrons. The van der Waals surface area contributed by atoms with Gasteiger partial charge in [-0.2, -0.15) is 0 Å². The van der Waals surface area contributed by atoms with Crippen LogP contribution in [0.2, 0.25) is 0 Å². The Morgan fingerprint density at radius 2 is 0.929 bits per heavy atom. The van der Waals surface area contributed by atoms with Gasteiger partial charge in [-0.3, -0.25) is 28.8 Å². The van der Waals surface area contributed by atoms with Gasteiger partial charge in [0.25, 0.3) is 0 Å². The van der Waals surface area contributed by atoms with Crippen molar-refractivity contribution >= 4 is 35.1 Å². The average Bonchev–Trinajstić information content (AvgIpc) is 3.64. The van der Waals surface area contributed by atoms with Crippen LogP contribution in [-0.4, -0.2) is 103 Å². The quantitative estimate of drug-likeness (QED) is 0.0815. The number of Topliss-reactive ketones (excluding diaryl/α,β-unsaturated/α-hetero) is 2. The van der Waals surface area contributed by atoms with Crippen LogP contribution in [0.3, 0.4) is 0 Å². The fourth-order valence-electron chi connectivity index (χ4n) is 16.5. The number of carbonyl (C=O) groups excluding carboxylic acids is 6. The highest BCUT2D eigenvalue weighted by Gasteiger charge is 2.77. The van der Waals surface area contributed by atoms with Gasteiger partial charge in [-0.15, -0.1) is 0 Å². The summed E-state index contributed by atoms with van der Waals surface area (Å²) >= 11 is 0. The molecule has 14 heteroatoms. The summed E-state index contributed by atoms with van der Waals surface area (Å²) in [7, 11) is 0. The number of halogens is 2. The Bertz CT molecular complexity index is 2130. The number of allylic oxidation sites excluding steroid dienone is 8. The first-order valence-electron chi connectivity index (χ1n) is 26.3. The maximum atomic E-state index is 17.5. The van der Waals surface area contributed by atoms with Crippen molar-refractivity contribution in [2.75, 3.05) is 13.2 Å². The molecule has 0 heterocycles. The second-order valence-electron chi connectivity index (χ2n) is 23.8. The molecule has 0 aromatic heterocycles. The summed E-state index contributed by atoms with van der Waals surface area (Å²) in [5.74, 6) is -6.05. The standard InChI is InChI=1S/C56H76F2O12/c1-33-25-41-39-19-17-35-27-37(59)21-23-49(35,3)53(39,57)43(61)29-51(41,5)55(33,67)45(63)31-69-47(65)15-13-11-9-7-8-10-12-14-16-48(66)70-32-46(64)56(68)34(2)26-42-40-20-18-36-28-38(60)22-24-50(36,4)54(40,58)44(62)30-52(42,56)6/h21-24,27-28,33-34,39-44,61-62,67-68H,7-20,25-26,29-32H2,1-6H3/t33-,34-,39+,40+,41+,42+,43+,44+,49+,50+,51+,52+,53+,54+,55+,56+/m1/s1. The maximum absolute atomic E-state index is 17.5. The van der Waals surface area contributed by atoms with E-state index in [4.69, 9.17) is 9.47 Å². The third-order valence-corrected chi connectivity index (χ3v) is 20.5. The van der Waals surface area contributed by atoms with Crippen LogP contribution in [0.5, 0.6) is 0 Å². The molecular weight excluding hydrogens is 903 g/mol. The molecule has 70 heavy (non-hydrogen) atoms. The number of alkyl halides is 2. The number of hydrogen-bond acceptors (Lipinski definition) is 12. The van der Waals surface area contributed by atoms with Crippen molar-refractivity contribution in [1.29, 1.82) is 0 Å². The number of hydrogen-bond donors (Lipinski definition) is 4. The van der Waals surface area contributed by atoms with Crippen LogP contribution >= 0.6 is 0 Å². The Hall–Kier alpha value is -3.72. The Morgan fingerprint density at radius 3 is 1.29 bits per heavy atom. The largest absolute Gasteiger partial charge is 0.458 e. The van der Waals surface area contributed by atoms with Crippen LogP contribution in [0.4, 0.5) is 8.78 Å². The lowest BCUT2D eigenvalue weighted by atomic mass is 9.44. The zero-order valence-corrected chi connectivity index (χ0v) is 42.0. The second kappa shape index (κ2) is 18.6. The number of carbonyl (C=O) groups is 6. The first kappa shape index (κ1) is 52.6. The van der Waals surface area contributed by atoms with E-state index in [-0.39, 0.29) is 37.2 Å². The van der Waals surface area contributed by atoms with Gasteiger partial charge in [0, 0.05) is 46.3 Å². The summed E-state index contributed by atoms with van der Waals surface area (Å²) in [5.41, 5.74) is -11.4. The minimum absolute atomic E-state index is 0.109. The molecule has 12 nitrogen and oxygen atoms in total.